The summed E-state index contributed by atoms with van der Waals surface area (Å²) in [6, 6.07) is 0. The van der Waals surface area contributed by atoms with E-state index in [4.69, 9.17) is 0 Å². The number of carbonyl (C=O) groups excluding carboxylic acids is 1. The second-order valence-electron chi connectivity index (χ2n) is 3.92. The van der Waals surface area contributed by atoms with Gasteiger partial charge in [0, 0.05) is 11.8 Å². The number of allylic oxidation sites excluding steroid dienone is 1. The zero-order valence-corrected chi connectivity index (χ0v) is 7.22. The highest BCUT2D eigenvalue weighted by atomic mass is 16.3. The largest absolute Gasteiger partial charge is 0.388 e. The molecule has 0 aromatic heterocycles. The summed E-state index contributed by atoms with van der Waals surface area (Å²) >= 11 is 0. The summed E-state index contributed by atoms with van der Waals surface area (Å²) in [6.45, 7) is 5.61. The second kappa shape index (κ2) is 2.45. The maximum absolute atomic E-state index is 11.0. The van der Waals surface area contributed by atoms with Crippen molar-refractivity contribution < 1.29 is 9.90 Å². The Kier molecular flexibility index (Phi) is 1.89. The molecule has 2 heteroatoms. The highest BCUT2D eigenvalue weighted by Gasteiger charge is 2.34. The Labute approximate surface area is 66.9 Å². The number of ketones is 1. The summed E-state index contributed by atoms with van der Waals surface area (Å²) in [5.74, 6) is 0.123. The number of hydrogen-bond donors (Lipinski definition) is 1. The fourth-order valence-corrected chi connectivity index (χ4v) is 1.55. The number of hydrogen-bond acceptors (Lipinski definition) is 2. The van der Waals surface area contributed by atoms with Crippen molar-refractivity contribution >= 4 is 5.78 Å². The van der Waals surface area contributed by atoms with Crippen molar-refractivity contribution in [1.29, 1.82) is 0 Å². The Morgan fingerprint density at radius 2 is 2.18 bits per heavy atom. The van der Waals surface area contributed by atoms with E-state index in [0.29, 0.717) is 6.42 Å². The van der Waals surface area contributed by atoms with E-state index < -0.39 is 6.10 Å². The Balaban J connectivity index is 2.95. The predicted octanol–water partition coefficient (Wildman–Crippen LogP) is 1.29. The molecular formula is C9H14O2. The molecule has 1 aliphatic carbocycles. The van der Waals surface area contributed by atoms with Gasteiger partial charge < -0.3 is 5.11 Å². The highest BCUT2D eigenvalue weighted by molar-refractivity contribution is 5.92. The standard InChI is InChI=1S/C9H14O2/c1-6-4-7(10)5-9(2,3)8(6)11/h4,8,11H,5H2,1-3H3. The second-order valence-corrected chi connectivity index (χ2v) is 3.92. The van der Waals surface area contributed by atoms with Crippen molar-refractivity contribution in [3.63, 3.8) is 0 Å². The van der Waals surface area contributed by atoms with Crippen LogP contribution in [0, 0.1) is 5.41 Å². The van der Waals surface area contributed by atoms with Crippen molar-refractivity contribution in [2.75, 3.05) is 0 Å². The molecule has 0 heterocycles. The van der Waals surface area contributed by atoms with Gasteiger partial charge in [0.25, 0.3) is 0 Å². The van der Waals surface area contributed by atoms with Gasteiger partial charge in [-0.05, 0) is 18.6 Å². The summed E-state index contributed by atoms with van der Waals surface area (Å²) < 4.78 is 0. The van der Waals surface area contributed by atoms with Gasteiger partial charge in [-0.2, -0.15) is 0 Å². The molecule has 11 heavy (non-hydrogen) atoms. The summed E-state index contributed by atoms with van der Waals surface area (Å²) in [5, 5.41) is 9.60. The lowest BCUT2D eigenvalue weighted by molar-refractivity contribution is -0.119. The first-order valence-electron chi connectivity index (χ1n) is 3.82. The highest BCUT2D eigenvalue weighted by Crippen LogP contribution is 2.33. The molecule has 0 aromatic rings. The van der Waals surface area contributed by atoms with E-state index in [1.54, 1.807) is 6.92 Å². The number of aliphatic hydroxyl groups excluding tert-OH is 1. The lowest BCUT2D eigenvalue weighted by atomic mass is 9.75. The monoisotopic (exact) mass is 154 g/mol. The first-order valence-corrected chi connectivity index (χ1v) is 3.82. The van der Waals surface area contributed by atoms with Crippen LogP contribution in [-0.2, 0) is 4.79 Å². The third kappa shape index (κ3) is 1.51. The summed E-state index contributed by atoms with van der Waals surface area (Å²) in [5.41, 5.74) is 0.502. The molecule has 0 bridgehead atoms. The van der Waals surface area contributed by atoms with Gasteiger partial charge in [0.15, 0.2) is 5.78 Å². The van der Waals surface area contributed by atoms with Crippen LogP contribution in [0.4, 0.5) is 0 Å². The average molecular weight is 154 g/mol. The number of aliphatic hydroxyl groups is 1. The summed E-state index contributed by atoms with van der Waals surface area (Å²) in [6.07, 6.45) is 1.53. The summed E-state index contributed by atoms with van der Waals surface area (Å²) in [4.78, 5) is 11.0. The SMILES string of the molecule is CC1=CC(=O)CC(C)(C)C1O. The van der Waals surface area contributed by atoms with E-state index >= 15 is 0 Å². The molecule has 62 valence electrons. The zero-order chi connectivity index (χ0) is 8.65. The molecule has 0 saturated heterocycles. The van der Waals surface area contributed by atoms with Gasteiger partial charge >= 0.3 is 0 Å². The molecule has 1 N–H and O–H groups in total. The van der Waals surface area contributed by atoms with E-state index in [2.05, 4.69) is 0 Å². The van der Waals surface area contributed by atoms with Crippen LogP contribution in [0.5, 0.6) is 0 Å². The Morgan fingerprint density at radius 3 is 2.64 bits per heavy atom. The molecule has 0 saturated carbocycles. The van der Waals surface area contributed by atoms with Gasteiger partial charge in [0.1, 0.15) is 0 Å². The van der Waals surface area contributed by atoms with Crippen molar-refractivity contribution in [3.8, 4) is 0 Å². The minimum absolute atomic E-state index is 0.123. The van der Waals surface area contributed by atoms with Gasteiger partial charge in [-0.3, -0.25) is 4.79 Å². The van der Waals surface area contributed by atoms with Crippen molar-refractivity contribution in [2.45, 2.75) is 33.3 Å². The minimum atomic E-state index is -0.458. The summed E-state index contributed by atoms with van der Waals surface area (Å²) in [7, 11) is 0. The average Bonchev–Trinajstić information content (AvgIpc) is 1.81. The molecule has 0 amide bonds. The van der Waals surface area contributed by atoms with Gasteiger partial charge in [0.05, 0.1) is 6.10 Å². The molecule has 0 spiro atoms. The molecule has 2 nitrogen and oxygen atoms in total. The Morgan fingerprint density at radius 1 is 1.64 bits per heavy atom. The molecule has 1 atom stereocenters. The van der Waals surface area contributed by atoms with E-state index in [-0.39, 0.29) is 11.2 Å². The van der Waals surface area contributed by atoms with Crippen LogP contribution in [-0.4, -0.2) is 17.0 Å². The minimum Gasteiger partial charge on any atom is -0.388 e. The number of carbonyl (C=O) groups is 1. The van der Waals surface area contributed by atoms with E-state index in [1.807, 2.05) is 13.8 Å². The van der Waals surface area contributed by atoms with Crippen molar-refractivity contribution in [2.24, 2.45) is 5.41 Å². The van der Waals surface area contributed by atoms with E-state index in [9.17, 15) is 9.90 Å². The topological polar surface area (TPSA) is 37.3 Å². The van der Waals surface area contributed by atoms with Crippen molar-refractivity contribution in [3.05, 3.63) is 11.6 Å². The third-order valence-electron chi connectivity index (χ3n) is 2.19. The van der Waals surface area contributed by atoms with E-state index in [0.717, 1.165) is 5.57 Å². The first-order chi connectivity index (χ1) is 4.93. The maximum Gasteiger partial charge on any atom is 0.156 e. The van der Waals surface area contributed by atoms with Gasteiger partial charge in [0.2, 0.25) is 0 Å². The Bertz CT molecular complexity index is 214. The normalized spacial score (nSPS) is 30.0. The fourth-order valence-electron chi connectivity index (χ4n) is 1.55. The molecule has 0 aliphatic heterocycles. The molecular weight excluding hydrogens is 140 g/mol. The molecule has 1 unspecified atom stereocenters. The zero-order valence-electron chi connectivity index (χ0n) is 7.22. The first kappa shape index (κ1) is 8.47. The van der Waals surface area contributed by atoms with Gasteiger partial charge in [-0.25, -0.2) is 0 Å². The van der Waals surface area contributed by atoms with Crippen LogP contribution < -0.4 is 0 Å². The third-order valence-corrected chi connectivity index (χ3v) is 2.19. The predicted molar refractivity (Wildman–Crippen MR) is 43.2 cm³/mol. The Hall–Kier alpha value is -0.630. The molecule has 0 aromatic carbocycles. The van der Waals surface area contributed by atoms with Crippen LogP contribution in [0.1, 0.15) is 27.2 Å². The molecule has 0 fully saturated rings. The van der Waals surface area contributed by atoms with Crippen LogP contribution in [0.15, 0.2) is 11.6 Å². The maximum atomic E-state index is 11.0. The smallest absolute Gasteiger partial charge is 0.156 e. The molecule has 0 radical (unpaired) electrons. The fraction of sp³-hybridized carbons (Fsp3) is 0.667. The molecule has 1 rings (SSSR count). The van der Waals surface area contributed by atoms with Crippen LogP contribution in [0.3, 0.4) is 0 Å². The quantitative estimate of drug-likeness (QED) is 0.571. The van der Waals surface area contributed by atoms with Gasteiger partial charge in [-0.1, -0.05) is 13.8 Å². The van der Waals surface area contributed by atoms with E-state index in [1.165, 1.54) is 6.08 Å². The number of rotatable bonds is 0. The van der Waals surface area contributed by atoms with Crippen LogP contribution in [0.2, 0.25) is 0 Å². The molecule has 1 aliphatic rings. The lowest BCUT2D eigenvalue weighted by Gasteiger charge is -2.33. The van der Waals surface area contributed by atoms with Crippen LogP contribution >= 0.6 is 0 Å². The van der Waals surface area contributed by atoms with Crippen molar-refractivity contribution in [1.82, 2.24) is 0 Å². The van der Waals surface area contributed by atoms with Crippen LogP contribution in [0.25, 0.3) is 0 Å². The van der Waals surface area contributed by atoms with Gasteiger partial charge in [-0.15, -0.1) is 0 Å². The lowest BCUT2D eigenvalue weighted by Crippen LogP contribution is -2.35.